The number of hydrogen-bond donors (Lipinski definition) is 1. The van der Waals surface area contributed by atoms with Crippen LogP contribution in [0.15, 0.2) is 48.5 Å². The molecule has 0 aliphatic rings. The van der Waals surface area contributed by atoms with Crippen LogP contribution in [0.2, 0.25) is 0 Å². The van der Waals surface area contributed by atoms with Gasteiger partial charge in [-0.15, -0.1) is 0 Å². The summed E-state index contributed by atoms with van der Waals surface area (Å²) in [6.07, 6.45) is 0. The van der Waals surface area contributed by atoms with Crippen LogP contribution in [0.25, 0.3) is 0 Å². The number of aliphatic hydroxyl groups is 1. The highest BCUT2D eigenvalue weighted by Crippen LogP contribution is 2.58. The van der Waals surface area contributed by atoms with E-state index in [0.717, 1.165) is 11.4 Å². The molecular weight excluding hydrogens is 359 g/mol. The van der Waals surface area contributed by atoms with E-state index in [1.54, 1.807) is 24.3 Å². The Morgan fingerprint density at radius 3 is 1.74 bits per heavy atom. The summed E-state index contributed by atoms with van der Waals surface area (Å²) in [4.78, 5) is 3.95. The zero-order valence-corrected chi connectivity index (χ0v) is 18.0. The van der Waals surface area contributed by atoms with Crippen LogP contribution in [0.4, 0.5) is 11.4 Å². The fourth-order valence-corrected chi connectivity index (χ4v) is 4.87. The van der Waals surface area contributed by atoms with Gasteiger partial charge in [0.25, 0.3) is 7.37 Å². The second-order valence-corrected chi connectivity index (χ2v) is 10.0. The summed E-state index contributed by atoms with van der Waals surface area (Å²) < 4.78 is 19.7. The van der Waals surface area contributed by atoms with Gasteiger partial charge >= 0.3 is 0 Å². The molecule has 2 aromatic carbocycles. The van der Waals surface area contributed by atoms with Gasteiger partial charge in [-0.2, -0.15) is 0 Å². The van der Waals surface area contributed by atoms with Gasteiger partial charge < -0.3 is 19.4 Å². The standard InChI is InChI=1S/C21H31N2O3P/c1-16(2)15-26-27(25,20-13-11-19(12-14-20)23(5)6)21(24)17-7-9-18(10-8-17)22(3)4/h7-14,16,21,24H,15H2,1-6H3/t21-,27+/m0/s1. The Labute approximate surface area is 163 Å². The first kappa shape index (κ1) is 21.5. The summed E-state index contributed by atoms with van der Waals surface area (Å²) in [6, 6.07) is 14.8. The topological polar surface area (TPSA) is 53.0 Å². The number of anilines is 2. The molecule has 0 spiro atoms. The van der Waals surface area contributed by atoms with Crippen LogP contribution in [-0.4, -0.2) is 39.9 Å². The number of nitrogens with zero attached hydrogens (tertiary/aromatic N) is 2. The van der Waals surface area contributed by atoms with Crippen molar-refractivity contribution in [2.75, 3.05) is 44.6 Å². The van der Waals surface area contributed by atoms with Crippen LogP contribution >= 0.6 is 7.37 Å². The molecule has 0 fully saturated rings. The average molecular weight is 390 g/mol. The van der Waals surface area contributed by atoms with Gasteiger partial charge in [0.05, 0.1) is 6.61 Å². The van der Waals surface area contributed by atoms with E-state index < -0.39 is 13.2 Å². The minimum atomic E-state index is -3.50. The minimum Gasteiger partial charge on any atom is -0.378 e. The summed E-state index contributed by atoms with van der Waals surface area (Å²) in [5.41, 5.74) is 2.60. The Morgan fingerprint density at radius 2 is 1.33 bits per heavy atom. The first-order chi connectivity index (χ1) is 12.6. The molecule has 0 aliphatic carbocycles. The molecule has 0 bridgehead atoms. The van der Waals surface area contributed by atoms with Gasteiger partial charge in [-0.1, -0.05) is 26.0 Å². The summed E-state index contributed by atoms with van der Waals surface area (Å²) in [7, 11) is 4.30. The fraction of sp³-hybridized carbons (Fsp3) is 0.429. The SMILES string of the molecule is CC(C)CO[P@](=O)(c1ccc(N(C)C)cc1)[C@H](O)c1ccc(N(C)C)cc1. The van der Waals surface area contributed by atoms with E-state index in [-0.39, 0.29) is 5.92 Å². The predicted molar refractivity (Wildman–Crippen MR) is 115 cm³/mol. The van der Waals surface area contributed by atoms with Gasteiger partial charge in [-0.05, 0) is 47.9 Å². The largest absolute Gasteiger partial charge is 0.378 e. The highest BCUT2D eigenvalue weighted by atomic mass is 31.2. The van der Waals surface area contributed by atoms with Crippen molar-refractivity contribution in [3.05, 3.63) is 54.1 Å². The van der Waals surface area contributed by atoms with E-state index in [4.69, 9.17) is 4.52 Å². The Bertz CT molecular complexity index is 771. The molecule has 6 heteroatoms. The maximum Gasteiger partial charge on any atom is 0.264 e. The molecule has 5 nitrogen and oxygen atoms in total. The van der Waals surface area contributed by atoms with E-state index >= 15 is 0 Å². The van der Waals surface area contributed by atoms with Crippen molar-refractivity contribution in [1.29, 1.82) is 0 Å². The summed E-state index contributed by atoms with van der Waals surface area (Å²) in [6.45, 7) is 4.31. The van der Waals surface area contributed by atoms with Gasteiger partial charge in [-0.3, -0.25) is 4.57 Å². The molecule has 0 aliphatic heterocycles. The second-order valence-electron chi connectivity index (χ2n) is 7.56. The molecule has 0 aromatic heterocycles. The summed E-state index contributed by atoms with van der Waals surface area (Å²) >= 11 is 0. The van der Waals surface area contributed by atoms with Crippen LogP contribution in [0.5, 0.6) is 0 Å². The molecule has 2 atom stereocenters. The first-order valence-electron chi connectivity index (χ1n) is 9.12. The molecule has 1 N–H and O–H groups in total. The average Bonchev–Trinajstić information content (AvgIpc) is 2.65. The Morgan fingerprint density at radius 1 is 0.889 bits per heavy atom. The number of hydrogen-bond acceptors (Lipinski definition) is 5. The van der Waals surface area contributed by atoms with Crippen LogP contribution in [0, 0.1) is 5.92 Å². The van der Waals surface area contributed by atoms with Gasteiger partial charge in [0.2, 0.25) is 0 Å². The molecule has 27 heavy (non-hydrogen) atoms. The van der Waals surface area contributed by atoms with Crippen LogP contribution in [-0.2, 0) is 9.09 Å². The van der Waals surface area contributed by atoms with Crippen molar-refractivity contribution >= 4 is 24.0 Å². The molecule has 0 saturated heterocycles. The van der Waals surface area contributed by atoms with E-state index in [2.05, 4.69) is 0 Å². The van der Waals surface area contributed by atoms with Crippen LogP contribution < -0.4 is 15.1 Å². The van der Waals surface area contributed by atoms with Crippen molar-refractivity contribution in [2.45, 2.75) is 19.7 Å². The zero-order valence-electron chi connectivity index (χ0n) is 17.1. The molecule has 0 saturated carbocycles. The monoisotopic (exact) mass is 390 g/mol. The predicted octanol–water partition coefficient (Wildman–Crippen LogP) is 4.09. The Kier molecular flexibility index (Phi) is 7.10. The molecule has 0 amide bonds. The second kappa shape index (κ2) is 8.92. The maximum atomic E-state index is 13.8. The summed E-state index contributed by atoms with van der Waals surface area (Å²) in [5, 5.41) is 11.5. The lowest BCUT2D eigenvalue weighted by Crippen LogP contribution is -2.17. The van der Waals surface area contributed by atoms with Crippen molar-refractivity contribution in [3.8, 4) is 0 Å². The van der Waals surface area contributed by atoms with E-state index in [0.29, 0.717) is 17.5 Å². The third-order valence-corrected chi connectivity index (χ3v) is 6.85. The quantitative estimate of drug-likeness (QED) is 0.688. The van der Waals surface area contributed by atoms with E-state index in [9.17, 15) is 9.67 Å². The Balaban J connectivity index is 2.40. The molecule has 2 rings (SSSR count). The first-order valence-corrected chi connectivity index (χ1v) is 10.8. The highest BCUT2D eigenvalue weighted by Gasteiger charge is 2.36. The molecule has 0 radical (unpaired) electrons. The molecule has 0 heterocycles. The van der Waals surface area contributed by atoms with Crippen molar-refractivity contribution in [1.82, 2.24) is 0 Å². The van der Waals surface area contributed by atoms with Crippen molar-refractivity contribution < 1.29 is 14.2 Å². The number of aliphatic hydroxyl groups excluding tert-OH is 1. The maximum absolute atomic E-state index is 13.8. The normalized spacial score (nSPS) is 14.7. The minimum absolute atomic E-state index is 0.211. The number of benzene rings is 2. The molecule has 0 unspecified atom stereocenters. The van der Waals surface area contributed by atoms with Crippen molar-refractivity contribution in [3.63, 3.8) is 0 Å². The van der Waals surface area contributed by atoms with Gasteiger partial charge in [0.15, 0.2) is 5.85 Å². The molecule has 148 valence electrons. The molecule has 2 aromatic rings. The third kappa shape index (κ3) is 5.13. The van der Waals surface area contributed by atoms with Crippen LogP contribution in [0.3, 0.4) is 0 Å². The highest BCUT2D eigenvalue weighted by molar-refractivity contribution is 7.67. The van der Waals surface area contributed by atoms with Crippen LogP contribution in [0.1, 0.15) is 25.3 Å². The lowest BCUT2D eigenvalue weighted by Gasteiger charge is -2.26. The van der Waals surface area contributed by atoms with E-state index in [1.807, 2.05) is 76.1 Å². The zero-order chi connectivity index (χ0) is 20.2. The van der Waals surface area contributed by atoms with Gasteiger partial charge in [0, 0.05) is 44.9 Å². The lowest BCUT2D eigenvalue weighted by molar-refractivity contribution is 0.203. The smallest absolute Gasteiger partial charge is 0.264 e. The summed E-state index contributed by atoms with van der Waals surface area (Å²) in [5.74, 6) is -1.000. The van der Waals surface area contributed by atoms with Gasteiger partial charge in [-0.25, -0.2) is 0 Å². The van der Waals surface area contributed by atoms with Crippen molar-refractivity contribution in [2.24, 2.45) is 5.92 Å². The number of rotatable bonds is 8. The Hall–Kier alpha value is -1.81. The van der Waals surface area contributed by atoms with E-state index in [1.165, 1.54) is 0 Å². The fourth-order valence-electron chi connectivity index (χ4n) is 2.65. The van der Waals surface area contributed by atoms with Gasteiger partial charge in [0.1, 0.15) is 0 Å². The third-order valence-electron chi connectivity index (χ3n) is 4.36. The molecular formula is C21H31N2O3P. The lowest BCUT2D eigenvalue weighted by atomic mass is 10.2.